The second-order valence-corrected chi connectivity index (χ2v) is 5.67. The Morgan fingerprint density at radius 3 is 2.62 bits per heavy atom. The van der Waals surface area contributed by atoms with Gasteiger partial charge in [-0.1, -0.05) is 25.1 Å². The quantitative estimate of drug-likeness (QED) is 0.846. The standard InChI is InChI=1S/C16H25N5/c1-5-8-17-15(11-16-18-20-21(4)19-16)10-14-7-6-12(2)13(3)9-14/h6-7,9,15,17H,5,8,10-11H2,1-4H3. The molecular formula is C16H25N5. The number of aromatic nitrogens is 4. The summed E-state index contributed by atoms with van der Waals surface area (Å²) in [6, 6.07) is 7.03. The Morgan fingerprint density at radius 1 is 1.19 bits per heavy atom. The van der Waals surface area contributed by atoms with Crippen LogP contribution in [0.5, 0.6) is 0 Å². The Balaban J connectivity index is 2.06. The fraction of sp³-hybridized carbons (Fsp3) is 0.562. The molecule has 0 saturated heterocycles. The molecule has 114 valence electrons. The van der Waals surface area contributed by atoms with Crippen molar-refractivity contribution in [2.45, 2.75) is 46.1 Å². The first-order chi connectivity index (χ1) is 10.1. The van der Waals surface area contributed by atoms with Gasteiger partial charge in [0.1, 0.15) is 0 Å². The summed E-state index contributed by atoms with van der Waals surface area (Å²) < 4.78 is 0. The van der Waals surface area contributed by atoms with Gasteiger partial charge in [-0.25, -0.2) is 0 Å². The van der Waals surface area contributed by atoms with Gasteiger partial charge in [0.25, 0.3) is 0 Å². The largest absolute Gasteiger partial charge is 0.313 e. The van der Waals surface area contributed by atoms with Crippen LogP contribution in [0.15, 0.2) is 18.2 Å². The molecule has 21 heavy (non-hydrogen) atoms. The van der Waals surface area contributed by atoms with Gasteiger partial charge in [-0.3, -0.25) is 0 Å². The predicted molar refractivity (Wildman–Crippen MR) is 84.2 cm³/mol. The minimum Gasteiger partial charge on any atom is -0.313 e. The summed E-state index contributed by atoms with van der Waals surface area (Å²) in [5.41, 5.74) is 4.04. The van der Waals surface area contributed by atoms with E-state index in [1.807, 2.05) is 0 Å². The fourth-order valence-electron chi connectivity index (χ4n) is 2.41. The van der Waals surface area contributed by atoms with Gasteiger partial charge in [0.15, 0.2) is 5.82 Å². The first-order valence-electron chi connectivity index (χ1n) is 7.61. The highest BCUT2D eigenvalue weighted by Crippen LogP contribution is 2.13. The molecule has 2 rings (SSSR count). The Kier molecular flexibility index (Phi) is 5.44. The molecule has 0 aliphatic rings. The third-order valence-electron chi connectivity index (χ3n) is 3.72. The topological polar surface area (TPSA) is 55.6 Å². The first-order valence-corrected chi connectivity index (χ1v) is 7.61. The molecule has 1 aromatic heterocycles. The van der Waals surface area contributed by atoms with Crippen molar-refractivity contribution in [1.29, 1.82) is 0 Å². The van der Waals surface area contributed by atoms with Crippen molar-refractivity contribution in [1.82, 2.24) is 25.5 Å². The van der Waals surface area contributed by atoms with Gasteiger partial charge < -0.3 is 5.32 Å². The van der Waals surface area contributed by atoms with Gasteiger partial charge in [-0.15, -0.1) is 10.2 Å². The van der Waals surface area contributed by atoms with E-state index >= 15 is 0 Å². The lowest BCUT2D eigenvalue weighted by Crippen LogP contribution is -2.34. The molecule has 2 aromatic rings. The molecule has 1 atom stereocenters. The molecule has 5 nitrogen and oxygen atoms in total. The molecule has 0 fully saturated rings. The van der Waals surface area contributed by atoms with Crippen molar-refractivity contribution < 1.29 is 0 Å². The maximum atomic E-state index is 4.29. The lowest BCUT2D eigenvalue weighted by atomic mass is 9.99. The highest BCUT2D eigenvalue weighted by atomic mass is 15.6. The summed E-state index contributed by atoms with van der Waals surface area (Å²) in [6.45, 7) is 7.50. The van der Waals surface area contributed by atoms with Crippen LogP contribution in [-0.2, 0) is 19.9 Å². The van der Waals surface area contributed by atoms with Crippen molar-refractivity contribution >= 4 is 0 Å². The average Bonchev–Trinajstić information content (AvgIpc) is 2.85. The summed E-state index contributed by atoms with van der Waals surface area (Å²) in [6.07, 6.45) is 2.91. The summed E-state index contributed by atoms with van der Waals surface area (Å²) in [5, 5.41) is 15.9. The molecule has 0 spiro atoms. The van der Waals surface area contributed by atoms with Crippen LogP contribution >= 0.6 is 0 Å². The second kappa shape index (κ2) is 7.31. The minimum atomic E-state index is 0.344. The van der Waals surface area contributed by atoms with Crippen LogP contribution in [0, 0.1) is 13.8 Å². The van der Waals surface area contributed by atoms with E-state index < -0.39 is 0 Å². The zero-order valence-corrected chi connectivity index (χ0v) is 13.4. The Labute approximate surface area is 126 Å². The van der Waals surface area contributed by atoms with Gasteiger partial charge in [-0.2, -0.15) is 4.80 Å². The monoisotopic (exact) mass is 287 g/mol. The van der Waals surface area contributed by atoms with Crippen LogP contribution in [0.1, 0.15) is 35.9 Å². The minimum absolute atomic E-state index is 0.344. The SMILES string of the molecule is CCCNC(Cc1ccc(C)c(C)c1)Cc1nnn(C)n1. The molecule has 0 aliphatic heterocycles. The van der Waals surface area contributed by atoms with Crippen LogP contribution in [0.2, 0.25) is 0 Å². The molecule has 1 heterocycles. The van der Waals surface area contributed by atoms with Crippen molar-refractivity contribution in [3.05, 3.63) is 40.7 Å². The van der Waals surface area contributed by atoms with Crippen molar-refractivity contribution in [3.8, 4) is 0 Å². The van der Waals surface area contributed by atoms with E-state index in [1.165, 1.54) is 21.5 Å². The van der Waals surface area contributed by atoms with Crippen LogP contribution in [0.4, 0.5) is 0 Å². The van der Waals surface area contributed by atoms with Gasteiger partial charge in [0, 0.05) is 12.5 Å². The molecule has 0 radical (unpaired) electrons. The lowest BCUT2D eigenvalue weighted by Gasteiger charge is -2.17. The molecular weight excluding hydrogens is 262 g/mol. The van der Waals surface area contributed by atoms with E-state index in [9.17, 15) is 0 Å². The number of hydrogen-bond donors (Lipinski definition) is 1. The van der Waals surface area contributed by atoms with Gasteiger partial charge in [0.05, 0.1) is 7.05 Å². The predicted octanol–water partition coefficient (Wildman–Crippen LogP) is 1.98. The van der Waals surface area contributed by atoms with E-state index in [-0.39, 0.29) is 0 Å². The van der Waals surface area contributed by atoms with E-state index in [2.05, 4.69) is 59.7 Å². The summed E-state index contributed by atoms with van der Waals surface area (Å²) in [5.74, 6) is 0.801. The van der Waals surface area contributed by atoms with E-state index in [4.69, 9.17) is 0 Å². The van der Waals surface area contributed by atoms with E-state index in [0.717, 1.165) is 31.6 Å². The number of nitrogens with zero attached hydrogens (tertiary/aromatic N) is 4. The molecule has 0 saturated carbocycles. The molecule has 1 N–H and O–H groups in total. The fourth-order valence-corrected chi connectivity index (χ4v) is 2.41. The summed E-state index contributed by atoms with van der Waals surface area (Å²) >= 11 is 0. The van der Waals surface area contributed by atoms with Crippen LogP contribution in [0.25, 0.3) is 0 Å². The highest BCUT2D eigenvalue weighted by molar-refractivity contribution is 5.30. The number of hydrogen-bond acceptors (Lipinski definition) is 4. The summed E-state index contributed by atoms with van der Waals surface area (Å²) in [7, 11) is 1.80. The second-order valence-electron chi connectivity index (χ2n) is 5.67. The molecule has 0 aliphatic carbocycles. The Bertz CT molecular complexity index is 576. The number of benzene rings is 1. The van der Waals surface area contributed by atoms with Crippen molar-refractivity contribution in [3.63, 3.8) is 0 Å². The van der Waals surface area contributed by atoms with E-state index in [0.29, 0.717) is 6.04 Å². The molecule has 5 heteroatoms. The van der Waals surface area contributed by atoms with Crippen LogP contribution in [0.3, 0.4) is 0 Å². The maximum absolute atomic E-state index is 4.29. The maximum Gasteiger partial charge on any atom is 0.176 e. The third-order valence-corrected chi connectivity index (χ3v) is 3.72. The molecule has 0 bridgehead atoms. The van der Waals surface area contributed by atoms with Crippen molar-refractivity contribution in [2.75, 3.05) is 6.54 Å². The molecule has 1 unspecified atom stereocenters. The Morgan fingerprint density at radius 2 is 2.00 bits per heavy atom. The number of tetrazole rings is 1. The van der Waals surface area contributed by atoms with Gasteiger partial charge in [0.2, 0.25) is 0 Å². The van der Waals surface area contributed by atoms with Gasteiger partial charge in [-0.05, 0) is 55.1 Å². The Hall–Kier alpha value is -1.75. The van der Waals surface area contributed by atoms with Crippen molar-refractivity contribution in [2.24, 2.45) is 7.05 Å². The lowest BCUT2D eigenvalue weighted by molar-refractivity contribution is 0.494. The number of nitrogens with one attached hydrogen (secondary N) is 1. The van der Waals surface area contributed by atoms with Crippen LogP contribution < -0.4 is 5.32 Å². The van der Waals surface area contributed by atoms with Crippen LogP contribution in [-0.4, -0.2) is 32.8 Å². The zero-order chi connectivity index (χ0) is 15.2. The summed E-state index contributed by atoms with van der Waals surface area (Å²) in [4.78, 5) is 1.52. The normalized spacial score (nSPS) is 12.6. The van der Waals surface area contributed by atoms with E-state index in [1.54, 1.807) is 7.05 Å². The number of rotatable bonds is 7. The molecule has 0 amide bonds. The van der Waals surface area contributed by atoms with Gasteiger partial charge >= 0.3 is 0 Å². The first kappa shape index (κ1) is 15.6. The number of aryl methyl sites for hydroxylation is 3. The highest BCUT2D eigenvalue weighted by Gasteiger charge is 2.13. The molecule has 1 aromatic carbocycles. The smallest absolute Gasteiger partial charge is 0.176 e. The zero-order valence-electron chi connectivity index (χ0n) is 13.4. The average molecular weight is 287 g/mol. The third kappa shape index (κ3) is 4.63.